The number of nitrogens with one attached hydrogen (secondary N) is 2. The summed E-state index contributed by atoms with van der Waals surface area (Å²) in [6.07, 6.45) is 1.32. The molecule has 1 aromatic heterocycles. The van der Waals surface area contributed by atoms with Gasteiger partial charge in [-0.1, -0.05) is 0 Å². The van der Waals surface area contributed by atoms with Gasteiger partial charge in [0.25, 0.3) is 5.17 Å². The molecule has 172 valence electrons. The fourth-order valence-electron chi connectivity index (χ4n) is 2.82. The van der Waals surface area contributed by atoms with Gasteiger partial charge in [0, 0.05) is 17.9 Å². The molecular weight excluding hydrogens is 470 g/mol. The maximum atomic E-state index is 11.8. The van der Waals surface area contributed by atoms with Gasteiger partial charge in [-0.2, -0.15) is 0 Å². The largest absolute Gasteiger partial charge is 0.497 e. The van der Waals surface area contributed by atoms with Crippen molar-refractivity contribution in [3.63, 3.8) is 0 Å². The van der Waals surface area contributed by atoms with Crippen LogP contribution in [0.25, 0.3) is 5.70 Å². The molecule has 3 heterocycles. The van der Waals surface area contributed by atoms with Crippen LogP contribution >= 0.6 is 21.9 Å². The molecule has 2 aromatic rings. The first kappa shape index (κ1) is 22.4. The fourth-order valence-corrected chi connectivity index (χ4v) is 5.67. The Morgan fingerprint density at radius 3 is 2.70 bits per heavy atom. The van der Waals surface area contributed by atoms with Crippen molar-refractivity contribution >= 4 is 68.4 Å². The van der Waals surface area contributed by atoms with Crippen LogP contribution in [0.2, 0.25) is 0 Å². The fraction of sp³-hybridized carbons (Fsp3) is 0.150. The molecule has 4 rings (SSSR count). The molecule has 33 heavy (non-hydrogen) atoms. The maximum absolute atomic E-state index is 11.8. The molecule has 1 saturated heterocycles. The summed E-state index contributed by atoms with van der Waals surface area (Å²) >= 11 is 1.39. The molecule has 13 heteroatoms. The van der Waals surface area contributed by atoms with Gasteiger partial charge in [-0.3, -0.25) is 4.79 Å². The van der Waals surface area contributed by atoms with Crippen molar-refractivity contribution in [3.8, 4) is 5.75 Å². The maximum Gasteiger partial charge on any atom is 0.442 e. The van der Waals surface area contributed by atoms with Crippen molar-refractivity contribution in [2.24, 2.45) is 9.98 Å². The van der Waals surface area contributed by atoms with Gasteiger partial charge >= 0.3 is 11.9 Å². The van der Waals surface area contributed by atoms with Crippen molar-refractivity contribution in [2.45, 2.75) is 13.5 Å². The molecular formula is C20H19N5O6S2. The lowest BCUT2D eigenvalue weighted by Crippen LogP contribution is -2.17. The lowest BCUT2D eigenvalue weighted by molar-refractivity contribution is -0.150. The van der Waals surface area contributed by atoms with Crippen LogP contribution in [0.5, 0.6) is 5.75 Å². The number of carbonyl (C=O) groups excluding carboxylic acids is 3. The first-order valence-corrected chi connectivity index (χ1v) is 11.8. The number of amides is 1. The van der Waals surface area contributed by atoms with Gasteiger partial charge in [0.1, 0.15) is 11.4 Å². The molecule has 0 saturated carbocycles. The smallest absolute Gasteiger partial charge is 0.442 e. The molecule has 0 bridgehead atoms. The van der Waals surface area contributed by atoms with E-state index in [4.69, 9.17) is 18.8 Å². The van der Waals surface area contributed by atoms with Crippen molar-refractivity contribution < 1.29 is 27.5 Å². The van der Waals surface area contributed by atoms with Crippen molar-refractivity contribution in [3.05, 3.63) is 45.5 Å². The van der Waals surface area contributed by atoms with Gasteiger partial charge < -0.3 is 29.5 Å². The minimum Gasteiger partial charge on any atom is -0.497 e. The zero-order valence-corrected chi connectivity index (χ0v) is 19.1. The Balaban J connectivity index is 1.58. The highest BCUT2D eigenvalue weighted by atomic mass is 32.3. The van der Waals surface area contributed by atoms with Crippen molar-refractivity contribution in [1.82, 2.24) is 5.32 Å². The minimum atomic E-state index is -2.92. The SMILES string of the molecule is COc1ccc(N/C=N/C2=NC(c3ccc(CNC(C)=O)s3)=CS23OC(=O)C(=O)O3)c(N)c1. The molecule has 0 radical (unpaired) electrons. The standard InChI is InChI=1S/C20H19N5O6S2/c1-11(26)22-8-13-4-6-17(32-13)16-9-33(30-18(27)19(28)31-33)20(25-16)24-10-23-15-5-3-12(29-2)7-14(15)21/h3-7,9-10H,8,21H2,1-2H3,(H,22,26)(H,23,24,25). The zero-order valence-electron chi connectivity index (χ0n) is 17.5. The molecule has 0 unspecified atom stereocenters. The summed E-state index contributed by atoms with van der Waals surface area (Å²) in [6, 6.07) is 8.73. The van der Waals surface area contributed by atoms with E-state index in [0.717, 1.165) is 9.75 Å². The van der Waals surface area contributed by atoms with E-state index in [1.54, 1.807) is 18.2 Å². The monoisotopic (exact) mass is 489 g/mol. The summed E-state index contributed by atoms with van der Waals surface area (Å²) in [4.78, 5) is 45.0. The quantitative estimate of drug-likeness (QED) is 0.242. The first-order chi connectivity index (χ1) is 15.8. The number of carbonyl (C=O) groups is 3. The highest BCUT2D eigenvalue weighted by Crippen LogP contribution is 2.62. The Morgan fingerprint density at radius 1 is 1.27 bits per heavy atom. The lowest BCUT2D eigenvalue weighted by atomic mass is 10.2. The Hall–Kier alpha value is -3.84. The van der Waals surface area contributed by atoms with Gasteiger partial charge in [-0.05, 0) is 34.9 Å². The Morgan fingerprint density at radius 2 is 2.03 bits per heavy atom. The molecule has 0 aliphatic carbocycles. The number of hydrogen-bond acceptors (Lipinski definition) is 10. The zero-order chi connectivity index (χ0) is 23.6. The van der Waals surface area contributed by atoms with Crippen LogP contribution in [0, 0.1) is 0 Å². The van der Waals surface area contributed by atoms with Crippen molar-refractivity contribution in [1.29, 1.82) is 0 Å². The van der Waals surface area contributed by atoms with Crippen molar-refractivity contribution in [2.75, 3.05) is 18.2 Å². The third-order valence-corrected chi connectivity index (χ3v) is 7.53. The van der Waals surface area contributed by atoms with Gasteiger partial charge in [0.2, 0.25) is 5.91 Å². The van der Waals surface area contributed by atoms with E-state index in [1.165, 1.54) is 37.1 Å². The first-order valence-electron chi connectivity index (χ1n) is 9.47. The third kappa shape index (κ3) is 4.68. The molecule has 1 amide bonds. The van der Waals surface area contributed by atoms with E-state index in [0.29, 0.717) is 29.4 Å². The second kappa shape index (κ2) is 8.96. The van der Waals surface area contributed by atoms with Gasteiger partial charge in [0.15, 0.2) is 0 Å². The summed E-state index contributed by atoms with van der Waals surface area (Å²) in [6.45, 7) is 1.81. The summed E-state index contributed by atoms with van der Waals surface area (Å²) in [5.74, 6) is -1.74. The van der Waals surface area contributed by atoms with E-state index >= 15 is 0 Å². The molecule has 2 aliphatic heterocycles. The normalized spacial score (nSPS) is 17.4. The van der Waals surface area contributed by atoms with Gasteiger partial charge in [-0.25, -0.2) is 19.6 Å². The number of methoxy groups -OCH3 is 1. The topological polar surface area (TPSA) is 154 Å². The predicted molar refractivity (Wildman–Crippen MR) is 127 cm³/mol. The Kier molecular flexibility index (Phi) is 6.07. The summed E-state index contributed by atoms with van der Waals surface area (Å²) in [5.41, 5.74) is 7.43. The van der Waals surface area contributed by atoms with Crippen LogP contribution in [0.1, 0.15) is 16.7 Å². The van der Waals surface area contributed by atoms with Crippen LogP contribution in [-0.4, -0.2) is 36.5 Å². The highest BCUT2D eigenvalue weighted by molar-refractivity contribution is 8.41. The van der Waals surface area contributed by atoms with Gasteiger partial charge in [-0.15, -0.1) is 11.3 Å². The number of ether oxygens (including phenoxy) is 1. The minimum absolute atomic E-state index is 0.0353. The second-order valence-corrected chi connectivity index (χ2v) is 9.91. The average molecular weight is 490 g/mol. The molecule has 1 aromatic carbocycles. The van der Waals surface area contributed by atoms with Gasteiger partial charge in [0.05, 0.1) is 41.7 Å². The second-order valence-electron chi connectivity index (χ2n) is 6.72. The number of rotatable bonds is 6. The van der Waals surface area contributed by atoms with E-state index < -0.39 is 22.5 Å². The number of benzene rings is 1. The number of hydrogen-bond donors (Lipinski definition) is 3. The van der Waals surface area contributed by atoms with E-state index in [9.17, 15) is 14.4 Å². The average Bonchev–Trinajstić information content (AvgIpc) is 3.45. The predicted octanol–water partition coefficient (Wildman–Crippen LogP) is 2.52. The van der Waals surface area contributed by atoms with Crippen LogP contribution < -0.4 is 21.1 Å². The number of nitrogens with two attached hydrogens (primary N) is 1. The molecule has 11 nitrogen and oxygen atoms in total. The summed E-state index contributed by atoms with van der Waals surface area (Å²) in [7, 11) is -1.38. The molecule has 4 N–H and O–H groups in total. The summed E-state index contributed by atoms with van der Waals surface area (Å²) in [5, 5.41) is 7.18. The molecule has 1 fully saturated rings. The third-order valence-electron chi connectivity index (χ3n) is 4.38. The number of nitrogens with zero attached hydrogens (tertiary/aromatic N) is 2. The number of anilines is 2. The van der Waals surface area contributed by atoms with E-state index in [1.807, 2.05) is 12.1 Å². The number of thiophene rings is 1. The van der Waals surface area contributed by atoms with E-state index in [-0.39, 0.29) is 11.1 Å². The van der Waals surface area contributed by atoms with Crippen LogP contribution in [-0.2, 0) is 29.3 Å². The van der Waals surface area contributed by atoms with Crippen LogP contribution in [0.3, 0.4) is 0 Å². The number of aliphatic imine (C=N–C) groups is 2. The van der Waals surface area contributed by atoms with E-state index in [2.05, 4.69) is 20.6 Å². The molecule has 1 spiro atoms. The number of nitrogen functional groups attached to an aromatic ring is 1. The molecule has 0 atom stereocenters. The van der Waals surface area contributed by atoms with Crippen LogP contribution in [0.4, 0.5) is 11.4 Å². The van der Waals surface area contributed by atoms with Crippen LogP contribution in [0.15, 0.2) is 45.7 Å². The Labute approximate surface area is 194 Å². The molecule has 2 aliphatic rings. The number of amidine groups is 1. The highest BCUT2D eigenvalue weighted by Gasteiger charge is 2.47. The Bertz CT molecular complexity index is 1220. The lowest BCUT2D eigenvalue weighted by Gasteiger charge is -2.26. The summed E-state index contributed by atoms with van der Waals surface area (Å²) < 4.78 is 15.6.